The summed E-state index contributed by atoms with van der Waals surface area (Å²) in [5.74, 6) is 0.260. The highest BCUT2D eigenvalue weighted by Crippen LogP contribution is 2.25. The van der Waals surface area contributed by atoms with Crippen LogP contribution in [0.3, 0.4) is 0 Å². The highest BCUT2D eigenvalue weighted by molar-refractivity contribution is 7.10. The van der Waals surface area contributed by atoms with Gasteiger partial charge in [0.05, 0.1) is 0 Å². The number of rotatable bonds is 3. The average Bonchev–Trinajstić information content (AvgIpc) is 2.51. The minimum absolute atomic E-state index is 0.400. The summed E-state index contributed by atoms with van der Waals surface area (Å²) in [5.41, 5.74) is 0. The number of ether oxygens (including phenoxy) is 1. The second-order valence-corrected chi connectivity index (χ2v) is 3.19. The SMILES string of the molecule is C=CC(=O)Oc1ccsc1CC. The van der Waals surface area contributed by atoms with E-state index in [0.717, 1.165) is 17.4 Å². The fraction of sp³-hybridized carbons (Fsp3) is 0.222. The Bertz CT molecular complexity index is 288. The van der Waals surface area contributed by atoms with Gasteiger partial charge in [-0.2, -0.15) is 0 Å². The van der Waals surface area contributed by atoms with Gasteiger partial charge in [-0.15, -0.1) is 11.3 Å². The van der Waals surface area contributed by atoms with Crippen molar-refractivity contribution in [1.29, 1.82) is 0 Å². The first-order valence-electron chi connectivity index (χ1n) is 3.68. The maximum atomic E-state index is 10.8. The first-order chi connectivity index (χ1) is 5.77. The zero-order chi connectivity index (χ0) is 8.97. The zero-order valence-corrected chi connectivity index (χ0v) is 7.69. The van der Waals surface area contributed by atoms with Crippen LogP contribution in [0.4, 0.5) is 0 Å². The van der Waals surface area contributed by atoms with Crippen LogP contribution < -0.4 is 4.74 Å². The maximum absolute atomic E-state index is 10.8. The van der Waals surface area contributed by atoms with Gasteiger partial charge in [-0.1, -0.05) is 13.5 Å². The summed E-state index contributed by atoms with van der Waals surface area (Å²) in [6, 6.07) is 1.80. The lowest BCUT2D eigenvalue weighted by molar-refractivity contribution is -0.128. The number of aryl methyl sites for hydroxylation is 1. The van der Waals surface area contributed by atoms with Gasteiger partial charge in [0.2, 0.25) is 0 Å². The summed E-state index contributed by atoms with van der Waals surface area (Å²) in [5, 5.41) is 1.91. The predicted molar refractivity (Wildman–Crippen MR) is 49.5 cm³/mol. The van der Waals surface area contributed by atoms with Crippen molar-refractivity contribution in [3.05, 3.63) is 29.0 Å². The molecule has 0 aliphatic heterocycles. The van der Waals surface area contributed by atoms with Gasteiger partial charge in [0.1, 0.15) is 5.75 Å². The first kappa shape index (κ1) is 9.00. The highest BCUT2D eigenvalue weighted by atomic mass is 32.1. The molecule has 1 rings (SSSR count). The molecule has 0 aliphatic rings. The summed E-state index contributed by atoms with van der Waals surface area (Å²) in [6.45, 7) is 5.35. The number of carbonyl (C=O) groups excluding carboxylic acids is 1. The molecule has 0 saturated heterocycles. The van der Waals surface area contributed by atoms with Gasteiger partial charge in [0, 0.05) is 11.0 Å². The Hall–Kier alpha value is -1.09. The third kappa shape index (κ3) is 1.95. The van der Waals surface area contributed by atoms with Crippen LogP contribution in [-0.4, -0.2) is 5.97 Å². The maximum Gasteiger partial charge on any atom is 0.335 e. The molecule has 12 heavy (non-hydrogen) atoms. The molecule has 1 heterocycles. The summed E-state index contributed by atoms with van der Waals surface area (Å²) in [6.07, 6.45) is 2.05. The molecule has 0 bridgehead atoms. The van der Waals surface area contributed by atoms with Crippen molar-refractivity contribution in [2.24, 2.45) is 0 Å². The fourth-order valence-corrected chi connectivity index (χ4v) is 1.58. The first-order valence-corrected chi connectivity index (χ1v) is 4.56. The summed E-state index contributed by atoms with van der Waals surface area (Å²) in [4.78, 5) is 11.9. The molecule has 64 valence electrons. The second kappa shape index (κ2) is 4.07. The minimum atomic E-state index is -0.400. The van der Waals surface area contributed by atoms with E-state index in [1.807, 2.05) is 12.3 Å². The third-order valence-corrected chi connectivity index (χ3v) is 2.45. The predicted octanol–water partition coefficient (Wildman–Crippen LogP) is 2.40. The number of esters is 1. The number of thiophene rings is 1. The van der Waals surface area contributed by atoms with Crippen molar-refractivity contribution in [2.75, 3.05) is 0 Å². The van der Waals surface area contributed by atoms with Crippen molar-refractivity contribution < 1.29 is 9.53 Å². The number of hydrogen-bond donors (Lipinski definition) is 0. The molecule has 0 spiro atoms. The minimum Gasteiger partial charge on any atom is -0.422 e. The Morgan fingerprint density at radius 1 is 1.83 bits per heavy atom. The molecular weight excluding hydrogens is 172 g/mol. The number of hydrogen-bond acceptors (Lipinski definition) is 3. The molecule has 0 unspecified atom stereocenters. The topological polar surface area (TPSA) is 26.3 Å². The van der Waals surface area contributed by atoms with Crippen LogP contribution in [0.5, 0.6) is 5.75 Å². The van der Waals surface area contributed by atoms with E-state index in [-0.39, 0.29) is 0 Å². The molecule has 1 aromatic rings. The van der Waals surface area contributed by atoms with E-state index in [4.69, 9.17) is 4.74 Å². The van der Waals surface area contributed by atoms with Gasteiger partial charge in [-0.05, 0) is 17.9 Å². The molecule has 0 fully saturated rings. The van der Waals surface area contributed by atoms with Crippen molar-refractivity contribution in [3.8, 4) is 5.75 Å². The zero-order valence-electron chi connectivity index (χ0n) is 6.87. The molecular formula is C9H10O2S. The molecule has 2 nitrogen and oxygen atoms in total. The molecule has 3 heteroatoms. The van der Waals surface area contributed by atoms with E-state index in [0.29, 0.717) is 5.75 Å². The van der Waals surface area contributed by atoms with Gasteiger partial charge < -0.3 is 4.74 Å². The number of carbonyl (C=O) groups is 1. The summed E-state index contributed by atoms with van der Waals surface area (Å²) in [7, 11) is 0. The molecule has 0 atom stereocenters. The van der Waals surface area contributed by atoms with Crippen molar-refractivity contribution in [2.45, 2.75) is 13.3 Å². The van der Waals surface area contributed by atoms with Crippen molar-refractivity contribution in [1.82, 2.24) is 0 Å². The molecule has 0 N–H and O–H groups in total. The molecule has 0 aromatic carbocycles. The van der Waals surface area contributed by atoms with E-state index in [1.54, 1.807) is 17.4 Å². The van der Waals surface area contributed by atoms with Crippen molar-refractivity contribution >= 4 is 17.3 Å². The quantitative estimate of drug-likeness (QED) is 0.530. The van der Waals surface area contributed by atoms with E-state index in [2.05, 4.69) is 6.58 Å². The summed E-state index contributed by atoms with van der Waals surface area (Å²) < 4.78 is 4.98. The lowest BCUT2D eigenvalue weighted by Gasteiger charge is -1.99. The van der Waals surface area contributed by atoms with Crippen LogP contribution in [0.25, 0.3) is 0 Å². The molecule has 0 amide bonds. The third-order valence-electron chi connectivity index (χ3n) is 1.40. The fourth-order valence-electron chi connectivity index (χ4n) is 0.828. The van der Waals surface area contributed by atoms with E-state index < -0.39 is 5.97 Å². The normalized spacial score (nSPS) is 9.42. The van der Waals surface area contributed by atoms with E-state index in [1.165, 1.54) is 0 Å². The lowest BCUT2D eigenvalue weighted by Crippen LogP contribution is -2.03. The van der Waals surface area contributed by atoms with Crippen LogP contribution >= 0.6 is 11.3 Å². The van der Waals surface area contributed by atoms with Gasteiger partial charge >= 0.3 is 5.97 Å². The van der Waals surface area contributed by atoms with Gasteiger partial charge in [0.15, 0.2) is 0 Å². The molecule has 0 aliphatic carbocycles. The van der Waals surface area contributed by atoms with E-state index in [9.17, 15) is 4.79 Å². The largest absolute Gasteiger partial charge is 0.422 e. The lowest BCUT2D eigenvalue weighted by atomic mass is 10.3. The second-order valence-electron chi connectivity index (χ2n) is 2.19. The highest BCUT2D eigenvalue weighted by Gasteiger charge is 2.05. The molecule has 1 aromatic heterocycles. The van der Waals surface area contributed by atoms with Crippen LogP contribution in [0.15, 0.2) is 24.1 Å². The van der Waals surface area contributed by atoms with Gasteiger partial charge in [0.25, 0.3) is 0 Å². The Balaban J connectivity index is 2.74. The summed E-state index contributed by atoms with van der Waals surface area (Å²) >= 11 is 1.59. The van der Waals surface area contributed by atoms with Crippen LogP contribution in [-0.2, 0) is 11.2 Å². The molecule has 0 saturated carbocycles. The Kier molecular flexibility index (Phi) is 3.05. The Morgan fingerprint density at radius 3 is 3.17 bits per heavy atom. The van der Waals surface area contributed by atoms with Crippen LogP contribution in [0.2, 0.25) is 0 Å². The van der Waals surface area contributed by atoms with Crippen LogP contribution in [0.1, 0.15) is 11.8 Å². The molecule has 0 radical (unpaired) electrons. The standard InChI is InChI=1S/C9H10O2S/c1-3-8-7(5-6-12-8)11-9(10)4-2/h4-6H,2-3H2,1H3. The Morgan fingerprint density at radius 2 is 2.58 bits per heavy atom. The van der Waals surface area contributed by atoms with Gasteiger partial charge in [-0.3, -0.25) is 0 Å². The monoisotopic (exact) mass is 182 g/mol. The average molecular weight is 182 g/mol. The van der Waals surface area contributed by atoms with E-state index >= 15 is 0 Å². The smallest absolute Gasteiger partial charge is 0.335 e. The van der Waals surface area contributed by atoms with Gasteiger partial charge in [-0.25, -0.2) is 4.79 Å². The Labute approximate surface area is 75.5 Å². The van der Waals surface area contributed by atoms with Crippen LogP contribution in [0, 0.1) is 0 Å². The van der Waals surface area contributed by atoms with Crippen molar-refractivity contribution in [3.63, 3.8) is 0 Å².